The molecule has 0 aromatic heterocycles. The Labute approximate surface area is 89.0 Å². The van der Waals surface area contributed by atoms with Crippen molar-refractivity contribution in [1.82, 2.24) is 0 Å². The molecule has 0 saturated heterocycles. The molecule has 1 aromatic rings. The molecule has 0 aliphatic carbocycles. The molecule has 0 bridgehead atoms. The number of hydrogen-bond acceptors (Lipinski definition) is 3. The quantitative estimate of drug-likeness (QED) is 0.711. The highest BCUT2D eigenvalue weighted by Gasteiger charge is 2.13. The van der Waals surface area contributed by atoms with Crippen LogP contribution in [0.2, 0.25) is 0 Å². The second-order valence-corrected chi connectivity index (χ2v) is 3.78. The summed E-state index contributed by atoms with van der Waals surface area (Å²) in [6, 6.07) is 6.02. The number of carbonyl (C=O) groups excluding carboxylic acids is 1. The highest BCUT2D eigenvalue weighted by molar-refractivity contribution is 5.52. The summed E-state index contributed by atoms with van der Waals surface area (Å²) in [4.78, 5) is 10.4. The molecular weight excluding hydrogens is 192 g/mol. The molecule has 0 radical (unpaired) electrons. The average molecular weight is 206 g/mol. The summed E-state index contributed by atoms with van der Waals surface area (Å²) in [5, 5.41) is 0. The van der Waals surface area contributed by atoms with Gasteiger partial charge in [-0.05, 0) is 23.6 Å². The number of benzene rings is 1. The van der Waals surface area contributed by atoms with Gasteiger partial charge in [0.25, 0.3) is 0 Å². The van der Waals surface area contributed by atoms with E-state index in [-0.39, 0.29) is 5.92 Å². The van der Waals surface area contributed by atoms with Crippen LogP contribution in [0, 0.1) is 0 Å². The molecule has 0 fully saturated rings. The molecule has 1 unspecified atom stereocenters. The van der Waals surface area contributed by atoms with Gasteiger partial charge < -0.3 is 14.3 Å². The van der Waals surface area contributed by atoms with Crippen molar-refractivity contribution in [2.75, 3.05) is 6.79 Å². The van der Waals surface area contributed by atoms with Crippen molar-refractivity contribution in [2.24, 2.45) is 0 Å². The van der Waals surface area contributed by atoms with Crippen LogP contribution in [-0.2, 0) is 16.1 Å². The first kappa shape index (κ1) is 10.2. The van der Waals surface area contributed by atoms with Gasteiger partial charge in [0.2, 0.25) is 0 Å². The Morgan fingerprint density at radius 1 is 1.53 bits per heavy atom. The molecular formula is C12H14O3. The third kappa shape index (κ3) is 2.18. The fourth-order valence-corrected chi connectivity index (χ4v) is 1.70. The molecule has 3 nitrogen and oxygen atoms in total. The van der Waals surface area contributed by atoms with Crippen molar-refractivity contribution in [1.29, 1.82) is 0 Å². The SMILES string of the molecule is CC(CC=O)c1ccc2c(c1)COCO2. The average Bonchev–Trinajstić information content (AvgIpc) is 2.29. The molecule has 0 spiro atoms. The Kier molecular flexibility index (Phi) is 3.02. The first-order chi connectivity index (χ1) is 7.31. The van der Waals surface area contributed by atoms with Crippen LogP contribution in [-0.4, -0.2) is 13.1 Å². The Morgan fingerprint density at radius 3 is 3.20 bits per heavy atom. The van der Waals surface area contributed by atoms with Crippen LogP contribution in [0.15, 0.2) is 18.2 Å². The van der Waals surface area contributed by atoms with Crippen LogP contribution in [0.5, 0.6) is 5.75 Å². The zero-order chi connectivity index (χ0) is 10.7. The number of carbonyl (C=O) groups is 1. The van der Waals surface area contributed by atoms with Crippen molar-refractivity contribution in [3.63, 3.8) is 0 Å². The largest absolute Gasteiger partial charge is 0.467 e. The van der Waals surface area contributed by atoms with Gasteiger partial charge in [-0.25, -0.2) is 0 Å². The predicted molar refractivity (Wildman–Crippen MR) is 55.8 cm³/mol. The monoisotopic (exact) mass is 206 g/mol. The second-order valence-electron chi connectivity index (χ2n) is 3.78. The van der Waals surface area contributed by atoms with Crippen molar-refractivity contribution < 1.29 is 14.3 Å². The predicted octanol–water partition coefficient (Wildman–Crippen LogP) is 2.25. The van der Waals surface area contributed by atoms with Gasteiger partial charge in [-0.15, -0.1) is 0 Å². The lowest BCUT2D eigenvalue weighted by Gasteiger charge is -2.19. The van der Waals surface area contributed by atoms with Crippen LogP contribution in [0.25, 0.3) is 0 Å². The van der Waals surface area contributed by atoms with Crippen molar-refractivity contribution >= 4 is 6.29 Å². The van der Waals surface area contributed by atoms with Gasteiger partial charge in [-0.3, -0.25) is 0 Å². The van der Waals surface area contributed by atoms with Crippen LogP contribution in [0.4, 0.5) is 0 Å². The van der Waals surface area contributed by atoms with Gasteiger partial charge >= 0.3 is 0 Å². The molecule has 0 saturated carbocycles. The number of hydrogen-bond donors (Lipinski definition) is 0. The molecule has 1 aromatic carbocycles. The lowest BCUT2D eigenvalue weighted by Crippen LogP contribution is -2.11. The maximum Gasteiger partial charge on any atom is 0.189 e. The maximum absolute atomic E-state index is 10.4. The highest BCUT2D eigenvalue weighted by Crippen LogP contribution is 2.28. The normalized spacial score (nSPS) is 16.3. The van der Waals surface area contributed by atoms with Gasteiger partial charge in [0.1, 0.15) is 12.0 Å². The molecule has 3 heteroatoms. The van der Waals surface area contributed by atoms with Gasteiger partial charge in [0.05, 0.1) is 6.61 Å². The van der Waals surface area contributed by atoms with E-state index in [0.717, 1.165) is 23.2 Å². The highest BCUT2D eigenvalue weighted by atomic mass is 16.7. The summed E-state index contributed by atoms with van der Waals surface area (Å²) >= 11 is 0. The fraction of sp³-hybridized carbons (Fsp3) is 0.417. The third-order valence-corrected chi connectivity index (χ3v) is 2.66. The van der Waals surface area contributed by atoms with Gasteiger partial charge in [0, 0.05) is 12.0 Å². The minimum atomic E-state index is 0.259. The van der Waals surface area contributed by atoms with E-state index in [0.29, 0.717) is 19.8 Å². The fourth-order valence-electron chi connectivity index (χ4n) is 1.70. The van der Waals surface area contributed by atoms with E-state index in [9.17, 15) is 4.79 Å². The summed E-state index contributed by atoms with van der Waals surface area (Å²) in [5.74, 6) is 1.15. The smallest absolute Gasteiger partial charge is 0.189 e. The summed E-state index contributed by atoms with van der Waals surface area (Å²) in [5.41, 5.74) is 2.23. The minimum Gasteiger partial charge on any atom is -0.467 e. The van der Waals surface area contributed by atoms with Gasteiger partial charge in [-0.1, -0.05) is 13.0 Å². The van der Waals surface area contributed by atoms with Crippen molar-refractivity contribution in [2.45, 2.75) is 25.9 Å². The van der Waals surface area contributed by atoms with E-state index >= 15 is 0 Å². The molecule has 1 atom stereocenters. The molecule has 0 amide bonds. The third-order valence-electron chi connectivity index (χ3n) is 2.66. The van der Waals surface area contributed by atoms with E-state index in [1.165, 1.54) is 0 Å². The van der Waals surface area contributed by atoms with Crippen molar-refractivity contribution in [3.05, 3.63) is 29.3 Å². The molecule has 15 heavy (non-hydrogen) atoms. The standard InChI is InChI=1S/C12H14O3/c1-9(4-5-13)10-2-3-12-11(6-10)7-14-8-15-12/h2-3,5-6,9H,4,7-8H2,1H3. The lowest BCUT2D eigenvalue weighted by molar-refractivity contribution is -0.108. The first-order valence-corrected chi connectivity index (χ1v) is 5.08. The van der Waals surface area contributed by atoms with Crippen LogP contribution in [0.3, 0.4) is 0 Å². The summed E-state index contributed by atoms with van der Waals surface area (Å²) in [7, 11) is 0. The van der Waals surface area contributed by atoms with E-state index in [1.54, 1.807) is 0 Å². The maximum atomic E-state index is 10.4. The summed E-state index contributed by atoms with van der Waals surface area (Å²) in [6.07, 6.45) is 1.51. The van der Waals surface area contributed by atoms with E-state index < -0.39 is 0 Å². The minimum absolute atomic E-state index is 0.259. The molecule has 0 N–H and O–H groups in total. The van der Waals surface area contributed by atoms with E-state index in [4.69, 9.17) is 9.47 Å². The number of ether oxygens (including phenoxy) is 2. The molecule has 80 valence electrons. The van der Waals surface area contributed by atoms with Crippen LogP contribution >= 0.6 is 0 Å². The number of rotatable bonds is 3. The zero-order valence-corrected chi connectivity index (χ0v) is 8.73. The zero-order valence-electron chi connectivity index (χ0n) is 8.73. The van der Waals surface area contributed by atoms with E-state index in [2.05, 4.69) is 6.07 Å². The Balaban J connectivity index is 2.23. The molecule has 2 rings (SSSR count). The Bertz CT molecular complexity index is 360. The Morgan fingerprint density at radius 2 is 2.40 bits per heavy atom. The van der Waals surface area contributed by atoms with Gasteiger partial charge in [-0.2, -0.15) is 0 Å². The van der Waals surface area contributed by atoms with Gasteiger partial charge in [0.15, 0.2) is 6.79 Å². The number of fused-ring (bicyclic) bond motifs is 1. The topological polar surface area (TPSA) is 35.5 Å². The lowest BCUT2D eigenvalue weighted by atomic mass is 9.96. The van der Waals surface area contributed by atoms with Crippen LogP contribution in [0.1, 0.15) is 30.4 Å². The summed E-state index contributed by atoms with van der Waals surface area (Å²) in [6.45, 7) is 2.97. The first-order valence-electron chi connectivity index (χ1n) is 5.08. The molecule has 1 aliphatic heterocycles. The summed E-state index contributed by atoms with van der Waals surface area (Å²) < 4.78 is 10.5. The van der Waals surface area contributed by atoms with E-state index in [1.807, 2.05) is 19.1 Å². The molecule has 1 aliphatic rings. The van der Waals surface area contributed by atoms with Crippen molar-refractivity contribution in [3.8, 4) is 5.75 Å². The number of aldehydes is 1. The Hall–Kier alpha value is -1.35. The molecule has 1 heterocycles. The second kappa shape index (κ2) is 4.45. The van der Waals surface area contributed by atoms with Crippen LogP contribution < -0.4 is 4.74 Å².